The van der Waals surface area contributed by atoms with E-state index in [2.05, 4.69) is 10.2 Å². The number of hydrogen-bond acceptors (Lipinski definition) is 4. The zero-order chi connectivity index (χ0) is 14.0. The van der Waals surface area contributed by atoms with Crippen molar-refractivity contribution < 1.29 is 31.5 Å². The summed E-state index contributed by atoms with van der Waals surface area (Å²) in [5, 5.41) is 9.28. The van der Waals surface area contributed by atoms with Gasteiger partial charge in [-0.15, -0.1) is 9.36 Å². The molecule has 0 N–H and O–H groups in total. The first-order valence-electron chi connectivity index (χ1n) is 5.39. The molecule has 0 spiro atoms. The molecule has 0 amide bonds. The van der Waals surface area contributed by atoms with Gasteiger partial charge in [-0.2, -0.15) is 0 Å². The summed E-state index contributed by atoms with van der Waals surface area (Å²) in [5.74, 6) is 2.14. The molecule has 0 aromatic carbocycles. The SMILES string of the molecule is Cc1n(C)nc([S-])[n+]1C.Cc1n(C)nc([S-])[n+]1C.[Au]. The van der Waals surface area contributed by atoms with Crippen LogP contribution in [0.1, 0.15) is 11.6 Å². The van der Waals surface area contributed by atoms with Gasteiger partial charge in [0.2, 0.25) is 11.6 Å². The molecule has 0 aliphatic rings. The summed E-state index contributed by atoms with van der Waals surface area (Å²) in [5.41, 5.74) is 0. The summed E-state index contributed by atoms with van der Waals surface area (Å²) in [6, 6.07) is 0. The van der Waals surface area contributed by atoms with E-state index < -0.39 is 0 Å². The Bertz CT molecular complexity index is 468. The van der Waals surface area contributed by atoms with Gasteiger partial charge >= 0.3 is 0 Å². The number of aryl methyl sites for hydroxylation is 2. The zero-order valence-corrected chi connectivity index (χ0v) is 15.6. The van der Waals surface area contributed by atoms with E-state index in [0.29, 0.717) is 10.3 Å². The molecule has 2 rings (SSSR count). The summed E-state index contributed by atoms with van der Waals surface area (Å²) >= 11 is 9.79. The number of aromatic nitrogens is 6. The fourth-order valence-electron chi connectivity index (χ4n) is 1.25. The van der Waals surface area contributed by atoms with Gasteiger partial charge in [-0.1, -0.05) is 0 Å². The normalized spacial score (nSPS) is 9.58. The van der Waals surface area contributed by atoms with Crippen LogP contribution in [0.3, 0.4) is 0 Å². The summed E-state index contributed by atoms with van der Waals surface area (Å²) in [4.78, 5) is 0. The van der Waals surface area contributed by atoms with Crippen LogP contribution in [0.4, 0.5) is 0 Å². The Morgan fingerprint density at radius 3 is 1.16 bits per heavy atom. The van der Waals surface area contributed by atoms with Crippen LogP contribution < -0.4 is 9.13 Å². The van der Waals surface area contributed by atoms with Crippen LogP contribution in [0.15, 0.2) is 10.3 Å². The maximum atomic E-state index is 4.89. The number of nitrogens with zero attached hydrogens (tertiary/aromatic N) is 6. The standard InChI is InChI=1S/2C5H9N3S.Au/c2*1-4-7(2)5(9)6-8(4)3;/h2*1-3H3;. The predicted octanol–water partition coefficient (Wildman–Crippen LogP) is -1.08. The molecule has 111 valence electrons. The van der Waals surface area contributed by atoms with Gasteiger partial charge in [0.15, 0.2) is 10.3 Å². The van der Waals surface area contributed by atoms with Gasteiger partial charge in [0, 0.05) is 46.4 Å². The first-order valence-corrected chi connectivity index (χ1v) is 6.20. The van der Waals surface area contributed by atoms with Crippen molar-refractivity contribution in [3.05, 3.63) is 11.6 Å². The molecule has 0 saturated heterocycles. The van der Waals surface area contributed by atoms with Crippen molar-refractivity contribution >= 4 is 25.3 Å². The second-order valence-electron chi connectivity index (χ2n) is 4.02. The molecular formula is C10H18AuN6S2. The summed E-state index contributed by atoms with van der Waals surface area (Å²) < 4.78 is 7.27. The molecule has 2 aromatic rings. The van der Waals surface area contributed by atoms with Crippen LogP contribution in [0.25, 0.3) is 0 Å². The van der Waals surface area contributed by atoms with Crippen molar-refractivity contribution in [1.82, 2.24) is 19.6 Å². The molecule has 0 unspecified atom stereocenters. The van der Waals surface area contributed by atoms with Crippen LogP contribution in [0.5, 0.6) is 0 Å². The Morgan fingerprint density at radius 2 is 1.11 bits per heavy atom. The van der Waals surface area contributed by atoms with Crippen molar-refractivity contribution in [3.63, 3.8) is 0 Å². The minimum absolute atomic E-state index is 0. The van der Waals surface area contributed by atoms with Gasteiger partial charge in [-0.25, -0.2) is 0 Å². The van der Waals surface area contributed by atoms with Crippen molar-refractivity contribution in [2.45, 2.75) is 24.2 Å². The molecule has 6 nitrogen and oxygen atoms in total. The van der Waals surface area contributed by atoms with E-state index in [0.717, 1.165) is 11.6 Å². The largest absolute Gasteiger partial charge is 0.703 e. The van der Waals surface area contributed by atoms with E-state index in [-0.39, 0.29) is 22.4 Å². The van der Waals surface area contributed by atoms with Crippen LogP contribution in [-0.2, 0) is 75.8 Å². The fraction of sp³-hybridized carbons (Fsp3) is 0.600. The Morgan fingerprint density at radius 1 is 0.842 bits per heavy atom. The predicted molar refractivity (Wildman–Crippen MR) is 69.5 cm³/mol. The van der Waals surface area contributed by atoms with Gasteiger partial charge in [0.05, 0.1) is 28.2 Å². The molecular weight excluding hydrogens is 465 g/mol. The second kappa shape index (κ2) is 7.30. The maximum absolute atomic E-state index is 4.89. The van der Waals surface area contributed by atoms with E-state index in [1.54, 1.807) is 9.36 Å². The van der Waals surface area contributed by atoms with Gasteiger partial charge < -0.3 is 25.3 Å². The molecule has 2 heterocycles. The molecule has 0 saturated carbocycles. The van der Waals surface area contributed by atoms with Gasteiger partial charge in [-0.3, -0.25) is 9.13 Å². The average Bonchev–Trinajstić information content (AvgIpc) is 2.66. The molecule has 0 atom stereocenters. The molecule has 0 aliphatic heterocycles. The van der Waals surface area contributed by atoms with Gasteiger partial charge in [0.25, 0.3) is 0 Å². The summed E-state index contributed by atoms with van der Waals surface area (Å²) in [7, 11) is 7.58. The third-order valence-electron chi connectivity index (χ3n) is 2.95. The molecule has 19 heavy (non-hydrogen) atoms. The van der Waals surface area contributed by atoms with E-state index in [9.17, 15) is 0 Å². The Labute approximate surface area is 140 Å². The van der Waals surface area contributed by atoms with Gasteiger partial charge in [0.1, 0.15) is 0 Å². The topological polar surface area (TPSA) is 43.4 Å². The maximum Gasteiger partial charge on any atom is 0.230 e. The van der Waals surface area contributed by atoms with E-state index in [1.807, 2.05) is 51.2 Å². The van der Waals surface area contributed by atoms with Crippen molar-refractivity contribution in [1.29, 1.82) is 0 Å². The van der Waals surface area contributed by atoms with Crippen molar-refractivity contribution in [2.75, 3.05) is 0 Å². The third-order valence-corrected chi connectivity index (χ3v) is 3.66. The van der Waals surface area contributed by atoms with Crippen LogP contribution in [-0.4, -0.2) is 19.6 Å². The minimum atomic E-state index is 0. The van der Waals surface area contributed by atoms with Crippen molar-refractivity contribution in [3.8, 4) is 0 Å². The quantitative estimate of drug-likeness (QED) is 0.272. The van der Waals surface area contributed by atoms with E-state index >= 15 is 0 Å². The molecule has 0 fully saturated rings. The molecule has 0 aliphatic carbocycles. The smallest absolute Gasteiger partial charge is 0.230 e. The second-order valence-corrected chi connectivity index (χ2v) is 4.76. The van der Waals surface area contributed by atoms with Gasteiger partial charge in [-0.05, 0) is 0 Å². The Kier molecular flexibility index (Phi) is 7.09. The Balaban J connectivity index is 0.000000324. The monoisotopic (exact) mass is 483 g/mol. The minimum Gasteiger partial charge on any atom is -0.703 e. The third kappa shape index (κ3) is 4.22. The first-order chi connectivity index (χ1) is 8.25. The van der Waals surface area contributed by atoms with Crippen LogP contribution in [0.2, 0.25) is 0 Å². The van der Waals surface area contributed by atoms with Crippen molar-refractivity contribution in [2.24, 2.45) is 28.2 Å². The molecule has 2 aromatic heterocycles. The molecule has 9 heteroatoms. The van der Waals surface area contributed by atoms with E-state index in [4.69, 9.17) is 25.3 Å². The zero-order valence-electron chi connectivity index (χ0n) is 11.8. The summed E-state index contributed by atoms with van der Waals surface area (Å²) in [6.07, 6.45) is 0. The summed E-state index contributed by atoms with van der Waals surface area (Å²) in [6.45, 7) is 3.95. The molecule has 0 bridgehead atoms. The fourth-order valence-corrected chi connectivity index (χ4v) is 1.76. The number of hydrogen-bond donors (Lipinski definition) is 0. The van der Waals surface area contributed by atoms with Crippen LogP contribution >= 0.6 is 0 Å². The van der Waals surface area contributed by atoms with Crippen LogP contribution in [0, 0.1) is 13.8 Å². The first kappa shape index (κ1) is 18.5. The number of rotatable bonds is 0. The van der Waals surface area contributed by atoms with E-state index in [1.165, 1.54) is 0 Å². The Hall–Kier alpha value is -0.540. The molecule has 1 radical (unpaired) electrons. The average molecular weight is 483 g/mol.